The summed E-state index contributed by atoms with van der Waals surface area (Å²) in [6.45, 7) is 3.68. The monoisotopic (exact) mass is 309 g/mol. The fourth-order valence-corrected chi connectivity index (χ4v) is 3.87. The number of ether oxygens (including phenoxy) is 1. The van der Waals surface area contributed by atoms with E-state index >= 15 is 0 Å². The first-order valence-corrected chi connectivity index (χ1v) is 8.13. The van der Waals surface area contributed by atoms with E-state index in [0.717, 1.165) is 25.4 Å². The molecule has 5 heteroatoms. The van der Waals surface area contributed by atoms with Gasteiger partial charge in [0.25, 0.3) is 5.91 Å². The lowest BCUT2D eigenvalue weighted by Crippen LogP contribution is -2.47. The number of hydrogen-bond acceptors (Lipinski definition) is 4. The van der Waals surface area contributed by atoms with Gasteiger partial charge in [0.2, 0.25) is 0 Å². The molecule has 0 saturated carbocycles. The van der Waals surface area contributed by atoms with Crippen LogP contribution in [0.3, 0.4) is 0 Å². The van der Waals surface area contributed by atoms with E-state index in [4.69, 9.17) is 4.74 Å². The van der Waals surface area contributed by atoms with Crippen molar-refractivity contribution in [2.75, 3.05) is 26.2 Å². The third-order valence-electron chi connectivity index (χ3n) is 4.98. The van der Waals surface area contributed by atoms with Gasteiger partial charge in [0.1, 0.15) is 12.4 Å². The molecule has 4 rings (SSSR count). The molecular weight excluding hydrogens is 290 g/mol. The minimum absolute atomic E-state index is 0.0665. The number of nitriles is 1. The lowest BCUT2D eigenvalue weighted by atomic mass is 9.96. The summed E-state index contributed by atoms with van der Waals surface area (Å²) in [7, 11) is 0. The van der Waals surface area contributed by atoms with Gasteiger partial charge in [0.15, 0.2) is 0 Å². The van der Waals surface area contributed by atoms with Crippen LogP contribution in [0, 0.1) is 17.2 Å². The number of amides is 1. The van der Waals surface area contributed by atoms with Crippen LogP contribution in [0.15, 0.2) is 24.3 Å². The van der Waals surface area contributed by atoms with E-state index in [1.54, 1.807) is 24.3 Å². The molecule has 23 heavy (non-hydrogen) atoms. The van der Waals surface area contributed by atoms with E-state index in [9.17, 15) is 10.1 Å². The lowest BCUT2D eigenvalue weighted by Gasteiger charge is -2.30. The quantitative estimate of drug-likeness (QED) is 0.905. The van der Waals surface area contributed by atoms with Gasteiger partial charge in [-0.3, -0.25) is 4.79 Å². The normalized spacial score (nSPS) is 28.1. The molecule has 1 N–H and O–H groups in total. The Morgan fingerprint density at radius 3 is 3.13 bits per heavy atom. The van der Waals surface area contributed by atoms with Crippen molar-refractivity contribution < 1.29 is 9.53 Å². The van der Waals surface area contributed by atoms with Gasteiger partial charge < -0.3 is 15.0 Å². The molecule has 5 nitrogen and oxygen atoms in total. The number of nitrogens with one attached hydrogen (secondary N) is 1. The second-order valence-corrected chi connectivity index (χ2v) is 6.57. The van der Waals surface area contributed by atoms with Crippen molar-refractivity contribution >= 4 is 11.5 Å². The van der Waals surface area contributed by atoms with Crippen LogP contribution in [0.1, 0.15) is 28.8 Å². The van der Waals surface area contributed by atoms with Crippen LogP contribution in [-0.2, 0) is 0 Å². The van der Waals surface area contributed by atoms with Crippen molar-refractivity contribution in [1.82, 2.24) is 10.2 Å². The van der Waals surface area contributed by atoms with Crippen LogP contribution in [-0.4, -0.2) is 43.1 Å². The van der Waals surface area contributed by atoms with Crippen LogP contribution in [0.2, 0.25) is 0 Å². The first kappa shape index (κ1) is 14.3. The molecule has 1 aromatic rings. The summed E-state index contributed by atoms with van der Waals surface area (Å²) in [5, 5.41) is 12.4. The lowest BCUT2D eigenvalue weighted by molar-refractivity contribution is 0.0909. The molecule has 3 heterocycles. The predicted molar refractivity (Wildman–Crippen MR) is 85.9 cm³/mol. The molecule has 1 unspecified atom stereocenters. The molecule has 2 bridgehead atoms. The van der Waals surface area contributed by atoms with Gasteiger partial charge in [0.05, 0.1) is 11.6 Å². The Balaban J connectivity index is 1.51. The Kier molecular flexibility index (Phi) is 3.55. The van der Waals surface area contributed by atoms with Crippen molar-refractivity contribution in [3.63, 3.8) is 0 Å². The summed E-state index contributed by atoms with van der Waals surface area (Å²) >= 11 is 0. The van der Waals surface area contributed by atoms with Crippen LogP contribution in [0.4, 0.5) is 0 Å². The molecule has 2 saturated heterocycles. The van der Waals surface area contributed by atoms with Crippen molar-refractivity contribution in [2.45, 2.75) is 18.9 Å². The van der Waals surface area contributed by atoms with Gasteiger partial charge in [-0.2, -0.15) is 5.26 Å². The third kappa shape index (κ3) is 2.71. The zero-order valence-corrected chi connectivity index (χ0v) is 12.9. The van der Waals surface area contributed by atoms with E-state index in [1.807, 2.05) is 0 Å². The molecule has 118 valence electrons. The zero-order valence-electron chi connectivity index (χ0n) is 12.9. The van der Waals surface area contributed by atoms with E-state index in [1.165, 1.54) is 13.0 Å². The fourth-order valence-electron chi connectivity index (χ4n) is 3.87. The van der Waals surface area contributed by atoms with Gasteiger partial charge >= 0.3 is 0 Å². The Hall–Kier alpha value is -2.32. The van der Waals surface area contributed by atoms with E-state index in [2.05, 4.69) is 16.3 Å². The molecule has 3 aliphatic rings. The molecule has 1 aromatic carbocycles. The number of benzene rings is 1. The molecule has 2 fully saturated rings. The number of carbonyl (C=O) groups excluding carboxylic acids is 1. The van der Waals surface area contributed by atoms with E-state index in [0.29, 0.717) is 29.1 Å². The maximum Gasteiger partial charge on any atom is 0.251 e. The van der Waals surface area contributed by atoms with Crippen LogP contribution in [0.25, 0.3) is 5.57 Å². The van der Waals surface area contributed by atoms with E-state index in [-0.39, 0.29) is 11.9 Å². The third-order valence-corrected chi connectivity index (χ3v) is 4.98. The predicted octanol–water partition coefficient (Wildman–Crippen LogP) is 1.81. The average molecular weight is 309 g/mol. The van der Waals surface area contributed by atoms with Gasteiger partial charge in [-0.15, -0.1) is 0 Å². The smallest absolute Gasteiger partial charge is 0.251 e. The van der Waals surface area contributed by atoms with Gasteiger partial charge in [-0.1, -0.05) is 0 Å². The summed E-state index contributed by atoms with van der Waals surface area (Å²) in [5.41, 5.74) is 1.87. The van der Waals surface area contributed by atoms with Crippen molar-refractivity contribution in [3.8, 4) is 11.8 Å². The van der Waals surface area contributed by atoms with Crippen LogP contribution in [0.5, 0.6) is 5.75 Å². The van der Waals surface area contributed by atoms with Gasteiger partial charge in [-0.25, -0.2) is 0 Å². The van der Waals surface area contributed by atoms with Crippen molar-refractivity contribution in [2.24, 2.45) is 5.92 Å². The highest BCUT2D eigenvalue weighted by Crippen LogP contribution is 2.31. The topological polar surface area (TPSA) is 65.4 Å². The molecule has 1 amide bonds. The largest absolute Gasteiger partial charge is 0.489 e. The van der Waals surface area contributed by atoms with E-state index < -0.39 is 0 Å². The standard InChI is InChI=1S/C18H19N3O2/c19-9-14-4-6-23-17-2-1-13(8-16(14)17)18(22)20-15-7-12-3-5-21(10-12)11-15/h1-2,4,8,12,15H,3,5-7,10-11H2,(H,20,22)/t12-,15-/m1/s1. The molecule has 0 spiro atoms. The van der Waals surface area contributed by atoms with Crippen LogP contribution < -0.4 is 10.1 Å². The average Bonchev–Trinajstić information content (AvgIpc) is 2.92. The highest BCUT2D eigenvalue weighted by Gasteiger charge is 2.33. The SMILES string of the molecule is N#CC1=CCOc2ccc(C(=O)N[C@@H]3C[C@H]4CCN(C4)C3)cc21. The first-order chi connectivity index (χ1) is 11.2. The first-order valence-electron chi connectivity index (χ1n) is 8.13. The molecule has 3 aliphatic heterocycles. The summed E-state index contributed by atoms with van der Waals surface area (Å²) < 4.78 is 5.51. The summed E-state index contributed by atoms with van der Waals surface area (Å²) in [6.07, 6.45) is 4.06. The van der Waals surface area contributed by atoms with Crippen molar-refractivity contribution in [3.05, 3.63) is 35.4 Å². The van der Waals surface area contributed by atoms with Crippen molar-refractivity contribution in [1.29, 1.82) is 5.26 Å². The molecule has 3 atom stereocenters. The summed E-state index contributed by atoms with van der Waals surface area (Å²) in [4.78, 5) is 15.0. The summed E-state index contributed by atoms with van der Waals surface area (Å²) in [5.74, 6) is 1.32. The Labute approximate surface area is 135 Å². The number of piperidine rings is 1. The Morgan fingerprint density at radius 2 is 2.30 bits per heavy atom. The number of nitrogens with zero attached hydrogens (tertiary/aromatic N) is 2. The highest BCUT2D eigenvalue weighted by atomic mass is 16.5. The number of rotatable bonds is 2. The Bertz CT molecular complexity index is 707. The number of hydrogen-bond donors (Lipinski definition) is 1. The highest BCUT2D eigenvalue weighted by molar-refractivity contribution is 5.96. The summed E-state index contributed by atoms with van der Waals surface area (Å²) in [6, 6.07) is 7.71. The maximum absolute atomic E-state index is 12.6. The second kappa shape index (κ2) is 5.71. The Morgan fingerprint density at radius 1 is 1.39 bits per heavy atom. The molecular formula is C18H19N3O2. The zero-order chi connectivity index (χ0) is 15.8. The molecule has 0 radical (unpaired) electrons. The minimum atomic E-state index is -0.0665. The second-order valence-electron chi connectivity index (χ2n) is 6.57. The van der Waals surface area contributed by atoms with Gasteiger partial charge in [-0.05, 0) is 49.6 Å². The van der Waals surface area contributed by atoms with Gasteiger partial charge in [0, 0.05) is 30.3 Å². The fraction of sp³-hybridized carbons (Fsp3) is 0.444. The minimum Gasteiger partial charge on any atom is -0.489 e. The number of fused-ring (bicyclic) bond motifs is 3. The molecule has 0 aliphatic carbocycles. The number of allylic oxidation sites excluding steroid dienone is 1. The maximum atomic E-state index is 12.6. The number of carbonyl (C=O) groups is 1. The molecule has 0 aromatic heterocycles. The van der Waals surface area contributed by atoms with Crippen LogP contribution >= 0.6 is 0 Å².